The molecule has 0 saturated carbocycles. The lowest BCUT2D eigenvalue weighted by molar-refractivity contribution is 1.60. The maximum Gasteiger partial charge on any atom is 0.0213 e. The summed E-state index contributed by atoms with van der Waals surface area (Å²) in [6.45, 7) is 3.87. The molecule has 0 fully saturated rings. The molecular formula is C8H6I2. The van der Waals surface area contributed by atoms with Gasteiger partial charge in [-0.1, -0.05) is 24.8 Å². The molecule has 0 aliphatic carbocycles. The molecule has 0 aromatic heterocycles. The fourth-order valence-electron chi connectivity index (χ4n) is 0.681. The molecule has 0 unspecified atom stereocenters. The Hall–Kier alpha value is 0.420. The molecular weight excluding hydrogens is 350 g/mol. The zero-order valence-electron chi connectivity index (χ0n) is 5.27. The molecule has 0 spiro atoms. The van der Waals surface area contributed by atoms with Crippen LogP contribution in [-0.4, -0.2) is 0 Å². The zero-order valence-corrected chi connectivity index (χ0v) is 9.59. The molecule has 0 heterocycles. The number of hydrogen-bond donors (Lipinski definition) is 0. The monoisotopic (exact) mass is 356 g/mol. The van der Waals surface area contributed by atoms with Crippen LogP contribution in [0.2, 0.25) is 0 Å². The van der Waals surface area contributed by atoms with E-state index in [1.54, 1.807) is 0 Å². The van der Waals surface area contributed by atoms with Gasteiger partial charge in [0.1, 0.15) is 0 Å². The third kappa shape index (κ3) is 1.95. The molecule has 52 valence electrons. The summed E-state index contributed by atoms with van der Waals surface area (Å²) in [5.74, 6) is 0. The smallest absolute Gasteiger partial charge is 0.0213 e. The highest BCUT2D eigenvalue weighted by molar-refractivity contribution is 14.1. The lowest BCUT2D eigenvalue weighted by Crippen LogP contribution is -1.78. The molecule has 0 saturated heterocycles. The maximum atomic E-state index is 3.87. The molecule has 0 aliphatic heterocycles. The van der Waals surface area contributed by atoms with Crippen LogP contribution in [0.5, 0.6) is 0 Å². The molecule has 10 heavy (non-hydrogen) atoms. The molecule has 0 nitrogen and oxygen atoms in total. The van der Waals surface area contributed by atoms with E-state index in [0.29, 0.717) is 0 Å². The van der Waals surface area contributed by atoms with E-state index in [0.717, 1.165) is 3.58 Å². The topological polar surface area (TPSA) is 0 Å². The van der Waals surface area contributed by atoms with Crippen molar-refractivity contribution in [1.29, 1.82) is 0 Å². The summed E-state index contributed by atoms with van der Waals surface area (Å²) in [6, 6.07) is 8.22. The van der Waals surface area contributed by atoms with E-state index in [-0.39, 0.29) is 0 Å². The summed E-state index contributed by atoms with van der Waals surface area (Å²) in [7, 11) is 0. The van der Waals surface area contributed by atoms with Crippen LogP contribution in [0, 0.1) is 3.57 Å². The van der Waals surface area contributed by atoms with Gasteiger partial charge >= 0.3 is 0 Å². The number of halogens is 2. The number of hydrogen-bond acceptors (Lipinski definition) is 0. The van der Waals surface area contributed by atoms with Crippen LogP contribution < -0.4 is 0 Å². The molecule has 0 radical (unpaired) electrons. The number of benzene rings is 1. The summed E-state index contributed by atoms with van der Waals surface area (Å²) in [4.78, 5) is 0. The fraction of sp³-hybridized carbons (Fsp3) is 0. The highest BCUT2D eigenvalue weighted by atomic mass is 127. The van der Waals surface area contributed by atoms with Gasteiger partial charge in [-0.05, 0) is 51.2 Å². The lowest BCUT2D eigenvalue weighted by Gasteiger charge is -1.99. The Morgan fingerprint density at radius 3 is 2.30 bits per heavy atom. The van der Waals surface area contributed by atoms with E-state index in [1.165, 1.54) is 9.13 Å². The van der Waals surface area contributed by atoms with Gasteiger partial charge in [0.25, 0.3) is 0 Å². The first-order valence-electron chi connectivity index (χ1n) is 2.81. The molecule has 2 heteroatoms. The summed E-state index contributed by atoms with van der Waals surface area (Å²) < 4.78 is 2.36. The molecule has 0 atom stereocenters. The van der Waals surface area contributed by atoms with Crippen LogP contribution in [-0.2, 0) is 0 Å². The Morgan fingerprint density at radius 1 is 1.30 bits per heavy atom. The number of rotatable bonds is 1. The Labute approximate surface area is 88.0 Å². The zero-order chi connectivity index (χ0) is 7.56. The molecule has 1 aromatic carbocycles. The van der Waals surface area contributed by atoms with Crippen molar-refractivity contribution in [2.45, 2.75) is 0 Å². The van der Waals surface area contributed by atoms with E-state index in [1.807, 2.05) is 12.1 Å². The Bertz CT molecular complexity index is 253. The van der Waals surface area contributed by atoms with Crippen LogP contribution in [0.15, 0.2) is 30.8 Å². The SMILES string of the molecule is C=C(I)c1ccccc1I. The van der Waals surface area contributed by atoms with Gasteiger partial charge in [-0.2, -0.15) is 0 Å². The molecule has 1 rings (SSSR count). The largest absolute Gasteiger partial charge is 0.0850 e. The van der Waals surface area contributed by atoms with Crippen molar-refractivity contribution in [3.05, 3.63) is 40.0 Å². The van der Waals surface area contributed by atoms with Crippen molar-refractivity contribution in [3.63, 3.8) is 0 Å². The minimum absolute atomic E-state index is 1.10. The second kappa shape index (κ2) is 3.71. The van der Waals surface area contributed by atoms with Crippen LogP contribution >= 0.6 is 45.2 Å². The first-order valence-corrected chi connectivity index (χ1v) is 4.97. The van der Waals surface area contributed by atoms with Crippen LogP contribution in [0.1, 0.15) is 5.56 Å². The fourth-order valence-corrected chi connectivity index (χ4v) is 2.38. The molecule has 0 aliphatic rings. The van der Waals surface area contributed by atoms with Gasteiger partial charge in [0.2, 0.25) is 0 Å². The average Bonchev–Trinajstić information content (AvgIpc) is 1.88. The molecule has 0 N–H and O–H groups in total. The second-order valence-corrected chi connectivity index (χ2v) is 4.35. The minimum atomic E-state index is 1.10. The third-order valence-corrected chi connectivity index (χ3v) is 2.69. The van der Waals surface area contributed by atoms with Gasteiger partial charge in [-0.15, -0.1) is 0 Å². The Morgan fingerprint density at radius 2 is 1.90 bits per heavy atom. The van der Waals surface area contributed by atoms with Gasteiger partial charge in [-0.25, -0.2) is 0 Å². The molecule has 0 bridgehead atoms. The van der Waals surface area contributed by atoms with Crippen molar-refractivity contribution in [2.24, 2.45) is 0 Å². The third-order valence-electron chi connectivity index (χ3n) is 1.17. The molecule has 1 aromatic rings. The summed E-state index contributed by atoms with van der Waals surface area (Å²) in [6.07, 6.45) is 0. The van der Waals surface area contributed by atoms with Gasteiger partial charge in [0.05, 0.1) is 0 Å². The van der Waals surface area contributed by atoms with Gasteiger partial charge in [0, 0.05) is 12.7 Å². The van der Waals surface area contributed by atoms with Crippen LogP contribution in [0.25, 0.3) is 3.58 Å². The first kappa shape index (κ1) is 8.52. The van der Waals surface area contributed by atoms with E-state index in [2.05, 4.69) is 63.9 Å². The van der Waals surface area contributed by atoms with Gasteiger partial charge in [-0.3, -0.25) is 0 Å². The highest BCUT2D eigenvalue weighted by Crippen LogP contribution is 2.23. The van der Waals surface area contributed by atoms with E-state index < -0.39 is 0 Å². The quantitative estimate of drug-likeness (QED) is 0.674. The predicted octanol–water partition coefficient (Wildman–Crippen LogP) is 3.70. The first-order chi connectivity index (χ1) is 4.72. The van der Waals surface area contributed by atoms with Gasteiger partial charge in [0.15, 0.2) is 0 Å². The van der Waals surface area contributed by atoms with Crippen molar-refractivity contribution < 1.29 is 0 Å². The Kier molecular flexibility index (Phi) is 3.16. The predicted molar refractivity (Wildman–Crippen MR) is 62.2 cm³/mol. The Balaban J connectivity index is 3.15. The second-order valence-electron chi connectivity index (χ2n) is 1.88. The summed E-state index contributed by atoms with van der Waals surface area (Å²) in [5, 5.41) is 0. The lowest BCUT2D eigenvalue weighted by atomic mass is 10.2. The van der Waals surface area contributed by atoms with Crippen LogP contribution in [0.3, 0.4) is 0 Å². The maximum absolute atomic E-state index is 3.87. The highest BCUT2D eigenvalue weighted by Gasteiger charge is 1.97. The van der Waals surface area contributed by atoms with Crippen LogP contribution in [0.4, 0.5) is 0 Å². The van der Waals surface area contributed by atoms with Crippen molar-refractivity contribution in [2.75, 3.05) is 0 Å². The van der Waals surface area contributed by atoms with Crippen molar-refractivity contribution in [1.82, 2.24) is 0 Å². The molecule has 0 amide bonds. The van der Waals surface area contributed by atoms with E-state index in [9.17, 15) is 0 Å². The summed E-state index contributed by atoms with van der Waals surface area (Å²) in [5.41, 5.74) is 1.24. The van der Waals surface area contributed by atoms with Crippen molar-refractivity contribution >= 4 is 48.8 Å². The summed E-state index contributed by atoms with van der Waals surface area (Å²) >= 11 is 4.54. The standard InChI is InChI=1S/C8H6I2/c1-6(9)7-4-2-3-5-8(7)10/h2-5H,1H2. The van der Waals surface area contributed by atoms with Gasteiger partial charge < -0.3 is 0 Å². The van der Waals surface area contributed by atoms with E-state index >= 15 is 0 Å². The normalized spacial score (nSPS) is 9.40. The average molecular weight is 356 g/mol. The minimum Gasteiger partial charge on any atom is -0.0850 e. The van der Waals surface area contributed by atoms with E-state index in [4.69, 9.17) is 0 Å². The van der Waals surface area contributed by atoms with Crippen molar-refractivity contribution in [3.8, 4) is 0 Å².